The molecule has 4 fully saturated rings. The Morgan fingerprint density at radius 1 is 0.647 bits per heavy atom. The predicted molar refractivity (Wildman–Crippen MR) is 244 cm³/mol. The molecule has 2 saturated carbocycles. The molecule has 15 nitrogen and oxygen atoms in total. The van der Waals surface area contributed by atoms with Gasteiger partial charge < -0.3 is 44.1 Å². The van der Waals surface area contributed by atoms with Crippen LogP contribution < -0.4 is 28.7 Å². The summed E-state index contributed by atoms with van der Waals surface area (Å²) in [5.41, 5.74) is 4.03. The van der Waals surface area contributed by atoms with Crippen LogP contribution in [-0.2, 0) is 72.5 Å². The van der Waals surface area contributed by atoms with E-state index in [0.717, 1.165) is 97.8 Å². The fraction of sp³-hybridized carbons (Fsp3) is 0.560. The molecule has 4 atom stereocenters. The van der Waals surface area contributed by atoms with Crippen LogP contribution >= 0.6 is 0 Å². The van der Waals surface area contributed by atoms with Crippen molar-refractivity contribution in [1.29, 1.82) is 0 Å². The van der Waals surface area contributed by atoms with Crippen molar-refractivity contribution in [3.63, 3.8) is 0 Å². The Hall–Kier alpha value is -4.60. The van der Waals surface area contributed by atoms with E-state index in [1.54, 1.807) is 33.3 Å². The molecule has 2 aliphatic carbocycles. The van der Waals surface area contributed by atoms with E-state index in [0.29, 0.717) is 75.5 Å². The second-order valence-corrected chi connectivity index (χ2v) is 18.1. The number of nitrogens with zero attached hydrogens (tertiary/aromatic N) is 6. The molecule has 0 unspecified atom stereocenters. The van der Waals surface area contributed by atoms with E-state index in [-0.39, 0.29) is 48.6 Å². The fourth-order valence-electron chi connectivity index (χ4n) is 9.47. The van der Waals surface area contributed by atoms with Crippen LogP contribution in [0.2, 0.25) is 0 Å². The van der Waals surface area contributed by atoms with Gasteiger partial charge in [-0.15, -0.1) is 0 Å². The minimum Gasteiger partial charge on any atom is -0.870 e. The van der Waals surface area contributed by atoms with Crippen LogP contribution in [0.1, 0.15) is 78.8 Å². The maximum Gasteiger partial charge on any atom is 1.00 e. The number of halogens is 2. The van der Waals surface area contributed by atoms with Crippen LogP contribution in [0.3, 0.4) is 0 Å². The molecule has 2 N–H and O–H groups in total. The van der Waals surface area contributed by atoms with Crippen LogP contribution in [0.5, 0.6) is 0 Å². The number of esters is 1. The molecule has 2 aromatic heterocycles. The van der Waals surface area contributed by atoms with Crippen molar-refractivity contribution in [2.24, 2.45) is 35.5 Å². The topological polar surface area (TPSA) is 189 Å². The van der Waals surface area contributed by atoms with Gasteiger partial charge in [0.05, 0.1) is 59.1 Å². The standard InChI is InChI=1S/C26H34FN3O4.C24H30FN3O4.Li.H2O/c1-3-34-25(31)12-21-5-4-18(10-24(21)27)16-33-17-22-11-23(22)20-6-8-30(9-7-20)26-28-13-19(14-29-26)15-32-2;1-31-13-17-11-26-24(27-12-17)28-6-4-18(5-7-28)21-9-20(21)15-32-14-16-2-3-19(10-23(29)30)22(25)8-16;;/h4-5,10,13-14,20,22-23H,3,6-9,11-12,15-17H2,1-2H3;2-3,8,11-12,18,20-21H,4-7,9-10,13-15H2,1H3,(H,29,30);;1H2/q;;+1;/p-1/t22-,23+;20-,21+;;/m00../s1. The molecule has 18 heteroatoms. The molecule has 2 aromatic carbocycles. The molecule has 0 radical (unpaired) electrons. The molecule has 4 aromatic rings. The molecule has 4 heterocycles. The van der Waals surface area contributed by atoms with Gasteiger partial charge in [0.1, 0.15) is 11.6 Å². The number of carbonyl (C=O) groups is 2. The number of aliphatic carboxylic acids is 1. The first kappa shape index (κ1) is 54.3. The monoisotopic (exact) mass is 938 g/mol. The number of carbonyl (C=O) groups excluding carboxylic acids is 1. The van der Waals surface area contributed by atoms with Crippen LogP contribution in [0.15, 0.2) is 61.2 Å². The van der Waals surface area contributed by atoms with Gasteiger partial charge in [-0.2, -0.15) is 0 Å². The molecule has 0 amide bonds. The molecule has 2 aliphatic heterocycles. The molecule has 0 bridgehead atoms. The number of carboxylic acids is 1. The second kappa shape index (κ2) is 27.0. The number of ether oxygens (including phenoxy) is 5. The largest absolute Gasteiger partial charge is 1.00 e. The van der Waals surface area contributed by atoms with Crippen molar-refractivity contribution in [2.75, 3.05) is 70.0 Å². The summed E-state index contributed by atoms with van der Waals surface area (Å²) in [4.78, 5) is 44.8. The summed E-state index contributed by atoms with van der Waals surface area (Å²) in [6, 6.07) is 9.58. The fourth-order valence-corrected chi connectivity index (χ4v) is 9.47. The number of aromatic nitrogens is 4. The number of rotatable bonds is 21. The third kappa shape index (κ3) is 16.0. The van der Waals surface area contributed by atoms with Gasteiger partial charge in [-0.05, 0) is 115 Å². The number of hydrogen-bond acceptors (Lipinski definition) is 14. The van der Waals surface area contributed by atoms with E-state index in [4.69, 9.17) is 28.8 Å². The van der Waals surface area contributed by atoms with E-state index < -0.39 is 17.8 Å². The number of carboxylic acid groups (broad SMARTS) is 1. The third-order valence-electron chi connectivity index (χ3n) is 13.2. The number of methoxy groups -OCH3 is 2. The van der Waals surface area contributed by atoms with Crippen molar-refractivity contribution < 1.29 is 71.5 Å². The zero-order valence-electron chi connectivity index (χ0n) is 39.9. The van der Waals surface area contributed by atoms with Crippen LogP contribution in [-0.4, -0.2) is 103 Å². The Kier molecular flexibility index (Phi) is 21.5. The summed E-state index contributed by atoms with van der Waals surface area (Å²) < 4.78 is 55.1. The van der Waals surface area contributed by atoms with Gasteiger partial charge >= 0.3 is 30.8 Å². The summed E-state index contributed by atoms with van der Waals surface area (Å²) >= 11 is 0. The Morgan fingerprint density at radius 3 is 1.43 bits per heavy atom. The zero-order chi connectivity index (χ0) is 46.4. The van der Waals surface area contributed by atoms with Crippen molar-refractivity contribution in [3.05, 3.63) is 106 Å². The Morgan fingerprint density at radius 2 is 1.06 bits per heavy atom. The first-order valence-electron chi connectivity index (χ1n) is 23.3. The molecular formula is C50H65F2LiN6O9. The van der Waals surface area contributed by atoms with E-state index in [1.807, 2.05) is 30.9 Å². The average Bonchev–Trinajstić information content (AvgIpc) is 4.26. The zero-order valence-corrected chi connectivity index (χ0v) is 39.9. The van der Waals surface area contributed by atoms with Gasteiger partial charge in [-0.25, -0.2) is 28.7 Å². The predicted octanol–water partition coefficient (Wildman–Crippen LogP) is 4.22. The molecule has 8 rings (SSSR count). The molecule has 2 saturated heterocycles. The Balaban J connectivity index is 0.000000247. The minimum atomic E-state index is -1.04. The van der Waals surface area contributed by atoms with E-state index in [9.17, 15) is 18.4 Å². The quantitative estimate of drug-likeness (QED) is 0.0924. The van der Waals surface area contributed by atoms with Crippen LogP contribution in [0, 0.1) is 47.1 Å². The SMILES string of the molecule is CCOC(=O)Cc1ccc(COC[C@@H]2C[C@@H]2C2CCN(c3ncc(COC)cn3)CC2)cc1F.COCc1cnc(N2CCC([C@H]3C[C@H]3COCc3ccc(CC(=O)O)c(F)c3)CC2)nc1.[Li+].[OH-]. The van der Waals surface area contributed by atoms with Crippen molar-refractivity contribution in [2.45, 2.75) is 84.7 Å². The van der Waals surface area contributed by atoms with E-state index in [1.165, 1.54) is 31.0 Å². The average molecular weight is 939 g/mol. The van der Waals surface area contributed by atoms with Crippen molar-refractivity contribution in [3.8, 4) is 0 Å². The summed E-state index contributed by atoms with van der Waals surface area (Å²) in [6.45, 7) is 9.13. The van der Waals surface area contributed by atoms with Gasteiger partial charge in [0.15, 0.2) is 0 Å². The van der Waals surface area contributed by atoms with Gasteiger partial charge in [0.25, 0.3) is 0 Å². The number of hydrogen-bond donors (Lipinski definition) is 1. The van der Waals surface area contributed by atoms with Gasteiger partial charge in [0, 0.05) is 76.3 Å². The molecule has 0 spiro atoms. The third-order valence-corrected chi connectivity index (χ3v) is 13.2. The second-order valence-electron chi connectivity index (χ2n) is 18.1. The molecule has 4 aliphatic rings. The summed E-state index contributed by atoms with van der Waals surface area (Å²) in [5.74, 6) is 3.29. The molecule has 364 valence electrons. The minimum absolute atomic E-state index is 0. The summed E-state index contributed by atoms with van der Waals surface area (Å²) in [6.07, 6.45) is 14.0. The van der Waals surface area contributed by atoms with Gasteiger partial charge in [-0.1, -0.05) is 24.3 Å². The van der Waals surface area contributed by atoms with Crippen molar-refractivity contribution in [1.82, 2.24) is 19.9 Å². The number of benzene rings is 2. The van der Waals surface area contributed by atoms with Gasteiger partial charge in [-0.3, -0.25) is 9.59 Å². The summed E-state index contributed by atoms with van der Waals surface area (Å²) in [7, 11) is 3.33. The normalized spacial score (nSPS) is 20.1. The first-order chi connectivity index (χ1) is 32.1. The van der Waals surface area contributed by atoms with Gasteiger partial charge in [0.2, 0.25) is 11.9 Å². The van der Waals surface area contributed by atoms with E-state index >= 15 is 0 Å². The smallest absolute Gasteiger partial charge is 0.870 e. The van der Waals surface area contributed by atoms with Crippen molar-refractivity contribution >= 4 is 23.8 Å². The number of anilines is 2. The first-order valence-corrected chi connectivity index (χ1v) is 23.3. The Labute approximate surface area is 410 Å². The molecular weight excluding hydrogens is 874 g/mol. The maximum absolute atomic E-state index is 14.3. The molecule has 68 heavy (non-hydrogen) atoms. The van der Waals surface area contributed by atoms with Crippen LogP contribution in [0.4, 0.5) is 20.7 Å². The summed E-state index contributed by atoms with van der Waals surface area (Å²) in [5, 5.41) is 8.80. The van der Waals surface area contributed by atoms with E-state index in [2.05, 4.69) is 29.7 Å². The Bertz CT molecular complexity index is 2180. The maximum atomic E-state index is 14.3. The number of piperidine rings is 2. The van der Waals surface area contributed by atoms with Crippen LogP contribution in [0.25, 0.3) is 0 Å².